The van der Waals surface area contributed by atoms with Crippen LogP contribution in [0.4, 0.5) is 4.39 Å². The molecule has 0 amide bonds. The molecular weight excluding hydrogens is 487 g/mol. The second-order valence-electron chi connectivity index (χ2n) is 10.4. The lowest BCUT2D eigenvalue weighted by atomic mass is 9.66. The molecule has 0 bridgehead atoms. The second kappa shape index (κ2) is 11.5. The fraction of sp³-hybridized carbons (Fsp3) is 0.419. The lowest BCUT2D eigenvalue weighted by molar-refractivity contribution is -0.259. The maximum Gasteiger partial charge on any atom is 0.183 e. The van der Waals surface area contributed by atoms with Crippen LogP contribution in [0.3, 0.4) is 0 Å². The summed E-state index contributed by atoms with van der Waals surface area (Å²) in [6.07, 6.45) is -1.95. The highest BCUT2D eigenvalue weighted by molar-refractivity contribution is 5.66. The molecule has 3 aromatic carbocycles. The Balaban J connectivity index is 1.55. The lowest BCUT2D eigenvalue weighted by Gasteiger charge is -2.42. The van der Waals surface area contributed by atoms with Crippen molar-refractivity contribution in [2.24, 2.45) is 17.8 Å². The average molecular weight is 523 g/mol. The van der Waals surface area contributed by atoms with Gasteiger partial charge in [0.1, 0.15) is 6.10 Å². The van der Waals surface area contributed by atoms with Gasteiger partial charge in [-0.25, -0.2) is 4.39 Å². The molecule has 202 valence electrons. The van der Waals surface area contributed by atoms with E-state index in [1.165, 1.54) is 13.2 Å². The molecule has 6 nitrogen and oxygen atoms in total. The predicted octanol–water partition coefficient (Wildman–Crippen LogP) is 4.14. The lowest BCUT2D eigenvalue weighted by Crippen LogP contribution is -2.50. The number of aliphatic hydroxyl groups excluding tert-OH is 3. The Morgan fingerprint density at radius 2 is 1.79 bits per heavy atom. The van der Waals surface area contributed by atoms with Crippen LogP contribution in [-0.4, -0.2) is 60.7 Å². The van der Waals surface area contributed by atoms with Crippen molar-refractivity contribution in [3.63, 3.8) is 0 Å². The summed E-state index contributed by atoms with van der Waals surface area (Å²) < 4.78 is 31.5. The number of fused-ring (bicyclic) bond motifs is 1. The van der Waals surface area contributed by atoms with Crippen molar-refractivity contribution in [2.75, 3.05) is 26.9 Å². The standard InChI is InChI=1S/C31H35FO6/c1-18-27(34)17-38-31(30(18)35)37-16-25-23(15-33)12-21-9-8-20(19-6-4-3-5-7-19)13-24(21)29(25)22-10-11-26(32)28(14-22)36-2/h3-11,13-14,18,23,25,27,29-31,33-35H,12,15-17H2,1-2H3/t18-,23+,25+,27+,29?,30+,31+/m0/s1. The van der Waals surface area contributed by atoms with Crippen molar-refractivity contribution < 1.29 is 33.9 Å². The van der Waals surface area contributed by atoms with E-state index in [4.69, 9.17) is 14.2 Å². The molecule has 1 heterocycles. The van der Waals surface area contributed by atoms with E-state index in [2.05, 4.69) is 30.3 Å². The van der Waals surface area contributed by atoms with Gasteiger partial charge in [0, 0.05) is 18.4 Å². The van der Waals surface area contributed by atoms with Crippen molar-refractivity contribution in [3.05, 3.63) is 89.2 Å². The molecule has 7 atom stereocenters. The summed E-state index contributed by atoms with van der Waals surface area (Å²) in [6, 6.07) is 21.4. The van der Waals surface area contributed by atoms with E-state index in [0.29, 0.717) is 6.42 Å². The fourth-order valence-corrected chi connectivity index (χ4v) is 5.82. The first-order chi connectivity index (χ1) is 18.4. The van der Waals surface area contributed by atoms with Gasteiger partial charge in [0.2, 0.25) is 0 Å². The first-order valence-electron chi connectivity index (χ1n) is 13.1. The highest BCUT2D eigenvalue weighted by Gasteiger charge is 2.41. The Morgan fingerprint density at radius 1 is 1.00 bits per heavy atom. The number of aliphatic hydroxyl groups is 3. The van der Waals surface area contributed by atoms with Crippen LogP contribution < -0.4 is 4.74 Å². The van der Waals surface area contributed by atoms with Crippen molar-refractivity contribution in [1.82, 2.24) is 0 Å². The molecule has 0 radical (unpaired) electrons. The minimum absolute atomic E-state index is 0.0497. The average Bonchev–Trinajstić information content (AvgIpc) is 2.95. The Morgan fingerprint density at radius 3 is 2.53 bits per heavy atom. The molecule has 3 aromatic rings. The van der Waals surface area contributed by atoms with Gasteiger partial charge < -0.3 is 29.5 Å². The molecule has 7 heteroatoms. The number of ether oxygens (including phenoxy) is 3. The maximum atomic E-state index is 14.4. The quantitative estimate of drug-likeness (QED) is 0.432. The summed E-state index contributed by atoms with van der Waals surface area (Å²) in [5, 5.41) is 31.1. The van der Waals surface area contributed by atoms with E-state index in [0.717, 1.165) is 27.8 Å². The molecule has 1 aliphatic heterocycles. The van der Waals surface area contributed by atoms with Crippen molar-refractivity contribution >= 4 is 0 Å². The SMILES string of the molecule is COc1cc(C2c3cc(-c4ccccc4)ccc3C[C@H](CO)[C@H]2CO[C@@H]2OC[C@@H](O)[C@H](C)[C@H]2O)ccc1F. The molecule has 3 N–H and O–H groups in total. The van der Waals surface area contributed by atoms with E-state index in [-0.39, 0.29) is 49.2 Å². The third-order valence-corrected chi connectivity index (χ3v) is 8.18. The van der Waals surface area contributed by atoms with Gasteiger partial charge >= 0.3 is 0 Å². The molecule has 1 fully saturated rings. The van der Waals surface area contributed by atoms with E-state index in [9.17, 15) is 19.7 Å². The van der Waals surface area contributed by atoms with Crippen LogP contribution in [0.25, 0.3) is 11.1 Å². The van der Waals surface area contributed by atoms with Crippen LogP contribution in [0.2, 0.25) is 0 Å². The van der Waals surface area contributed by atoms with Crippen molar-refractivity contribution in [3.8, 4) is 16.9 Å². The van der Waals surface area contributed by atoms with Crippen molar-refractivity contribution in [2.45, 2.75) is 37.8 Å². The first-order valence-corrected chi connectivity index (χ1v) is 13.1. The van der Waals surface area contributed by atoms with E-state index in [1.807, 2.05) is 18.2 Å². The molecule has 2 aliphatic rings. The Labute approximate surface area is 222 Å². The predicted molar refractivity (Wildman–Crippen MR) is 141 cm³/mol. The van der Waals surface area contributed by atoms with Crippen LogP contribution in [0.1, 0.15) is 29.5 Å². The summed E-state index contributed by atoms with van der Waals surface area (Å²) in [5.74, 6) is -1.22. The summed E-state index contributed by atoms with van der Waals surface area (Å²) in [4.78, 5) is 0. The monoisotopic (exact) mass is 522 g/mol. The molecule has 1 saturated heterocycles. The van der Waals surface area contributed by atoms with Gasteiger partial charge in [0.25, 0.3) is 0 Å². The number of hydrogen-bond acceptors (Lipinski definition) is 6. The molecule has 1 unspecified atom stereocenters. The van der Waals surface area contributed by atoms with Crippen LogP contribution in [0, 0.1) is 23.6 Å². The molecule has 1 aliphatic carbocycles. The zero-order valence-electron chi connectivity index (χ0n) is 21.7. The number of hydrogen-bond donors (Lipinski definition) is 3. The summed E-state index contributed by atoms with van der Waals surface area (Å²) in [5.41, 5.74) is 5.23. The summed E-state index contributed by atoms with van der Waals surface area (Å²) in [7, 11) is 1.44. The molecule has 0 spiro atoms. The topological polar surface area (TPSA) is 88.4 Å². The Bertz CT molecular complexity index is 1230. The van der Waals surface area contributed by atoms with Gasteiger partial charge in [-0.2, -0.15) is 0 Å². The third kappa shape index (κ3) is 5.22. The molecule has 0 saturated carbocycles. The smallest absolute Gasteiger partial charge is 0.183 e. The Hall–Kier alpha value is -2.81. The third-order valence-electron chi connectivity index (χ3n) is 8.18. The van der Waals surface area contributed by atoms with Gasteiger partial charge in [-0.15, -0.1) is 0 Å². The summed E-state index contributed by atoms with van der Waals surface area (Å²) in [6.45, 7) is 2.00. The number of benzene rings is 3. The number of halogens is 1. The maximum absolute atomic E-state index is 14.4. The van der Waals surface area contributed by atoms with Crippen LogP contribution >= 0.6 is 0 Å². The highest BCUT2D eigenvalue weighted by Crippen LogP contribution is 2.46. The highest BCUT2D eigenvalue weighted by atomic mass is 19.1. The largest absolute Gasteiger partial charge is 0.494 e. The Kier molecular flexibility index (Phi) is 8.12. The minimum atomic E-state index is -0.976. The van der Waals surface area contributed by atoms with Gasteiger partial charge in [0.15, 0.2) is 17.9 Å². The molecular formula is C31H35FO6. The van der Waals surface area contributed by atoms with Crippen LogP contribution in [0.15, 0.2) is 66.7 Å². The normalized spacial score (nSPS) is 29.1. The number of rotatable bonds is 7. The van der Waals surface area contributed by atoms with Gasteiger partial charge in [-0.1, -0.05) is 61.5 Å². The van der Waals surface area contributed by atoms with E-state index in [1.54, 1.807) is 19.1 Å². The molecule has 5 rings (SSSR count). The van der Waals surface area contributed by atoms with Crippen LogP contribution in [0.5, 0.6) is 5.75 Å². The van der Waals surface area contributed by atoms with Crippen LogP contribution in [-0.2, 0) is 15.9 Å². The van der Waals surface area contributed by atoms with Crippen molar-refractivity contribution in [1.29, 1.82) is 0 Å². The van der Waals surface area contributed by atoms with Gasteiger partial charge in [-0.05, 0) is 58.2 Å². The minimum Gasteiger partial charge on any atom is -0.494 e. The van der Waals surface area contributed by atoms with E-state index < -0.39 is 24.3 Å². The first kappa shape index (κ1) is 26.8. The van der Waals surface area contributed by atoms with E-state index >= 15 is 0 Å². The summed E-state index contributed by atoms with van der Waals surface area (Å²) >= 11 is 0. The second-order valence-corrected chi connectivity index (χ2v) is 10.4. The van der Waals surface area contributed by atoms with Gasteiger partial charge in [0.05, 0.1) is 26.4 Å². The zero-order chi connectivity index (χ0) is 26.8. The molecule has 38 heavy (non-hydrogen) atoms. The zero-order valence-corrected chi connectivity index (χ0v) is 21.7. The fourth-order valence-electron chi connectivity index (χ4n) is 5.82. The molecule has 0 aromatic heterocycles. The van der Waals surface area contributed by atoms with Gasteiger partial charge in [-0.3, -0.25) is 0 Å². The number of methoxy groups -OCH3 is 1.